The number of carbonyl (C=O) groups is 2. The van der Waals surface area contributed by atoms with Gasteiger partial charge in [-0.05, 0) is 68.5 Å². The largest absolute Gasteiger partial charge is 0.378 e. The average Bonchev–Trinajstić information content (AvgIpc) is 3.36. The first-order valence-corrected chi connectivity index (χ1v) is 15.2. The van der Waals surface area contributed by atoms with Crippen LogP contribution in [0.1, 0.15) is 51.5 Å². The van der Waals surface area contributed by atoms with Gasteiger partial charge in [0.2, 0.25) is 5.91 Å². The van der Waals surface area contributed by atoms with Crippen molar-refractivity contribution >= 4 is 22.7 Å². The highest BCUT2D eigenvalue weighted by Crippen LogP contribution is 2.34. The number of carbonyl (C=O) groups excluding carboxylic acids is 2. The van der Waals surface area contributed by atoms with Gasteiger partial charge in [0.05, 0.1) is 19.8 Å². The van der Waals surface area contributed by atoms with Gasteiger partial charge in [0.25, 0.3) is 5.91 Å². The number of piperazine rings is 1. The van der Waals surface area contributed by atoms with Crippen LogP contribution in [0.15, 0.2) is 42.5 Å². The van der Waals surface area contributed by atoms with E-state index in [2.05, 4.69) is 65.0 Å². The summed E-state index contributed by atoms with van der Waals surface area (Å²) < 4.78 is 5.38. The molecule has 8 nitrogen and oxygen atoms in total. The standard InChI is InChI=1S/C33H43N5O3/c1-24-6-5-7-25(2)31(24)26-10-12-35(13-11-26)22-28-27-8-3-4-9-29(27)34-32(28)33(40)38-16-14-36(15-17-38)23-30(39)37-18-20-41-21-19-37/h3-9,26,34H,10-23H2,1-2H3. The molecule has 3 fully saturated rings. The summed E-state index contributed by atoms with van der Waals surface area (Å²) in [7, 11) is 0. The molecule has 8 heteroatoms. The highest BCUT2D eigenvalue weighted by Gasteiger charge is 2.30. The van der Waals surface area contributed by atoms with E-state index in [1.807, 2.05) is 15.9 Å². The Bertz CT molecular complexity index is 1360. The number of ether oxygens (including phenoxy) is 1. The number of likely N-dealkylation sites (tertiary alicyclic amines) is 1. The SMILES string of the molecule is Cc1cccc(C)c1C1CCN(Cc2c(C(=O)N3CCN(CC(=O)N4CCOCC4)CC3)[nH]c3ccccc23)CC1. The van der Waals surface area contributed by atoms with Crippen molar-refractivity contribution in [2.45, 2.75) is 39.2 Å². The molecule has 0 aliphatic carbocycles. The Morgan fingerprint density at radius 2 is 1.49 bits per heavy atom. The molecule has 0 bridgehead atoms. The van der Waals surface area contributed by atoms with Crippen molar-refractivity contribution < 1.29 is 14.3 Å². The topological polar surface area (TPSA) is 72.1 Å². The summed E-state index contributed by atoms with van der Waals surface area (Å²) in [6, 6.07) is 14.9. The molecule has 1 aromatic heterocycles. The molecule has 3 aliphatic rings. The van der Waals surface area contributed by atoms with Crippen molar-refractivity contribution in [3.05, 3.63) is 70.4 Å². The first-order chi connectivity index (χ1) is 20.0. The fourth-order valence-corrected chi connectivity index (χ4v) is 6.99. The fourth-order valence-electron chi connectivity index (χ4n) is 6.99. The van der Waals surface area contributed by atoms with Crippen molar-refractivity contribution in [2.75, 3.05) is 72.1 Å². The number of hydrogen-bond donors (Lipinski definition) is 1. The fraction of sp³-hybridized carbons (Fsp3) is 0.515. The molecule has 0 atom stereocenters. The molecule has 3 aromatic rings. The molecular formula is C33H43N5O3. The quantitative estimate of drug-likeness (QED) is 0.500. The third kappa shape index (κ3) is 6.05. The van der Waals surface area contributed by atoms with Gasteiger partial charge in [0, 0.05) is 62.3 Å². The van der Waals surface area contributed by atoms with Crippen LogP contribution >= 0.6 is 0 Å². The van der Waals surface area contributed by atoms with Crippen molar-refractivity contribution in [3.63, 3.8) is 0 Å². The number of para-hydroxylation sites is 1. The Morgan fingerprint density at radius 3 is 2.20 bits per heavy atom. The number of nitrogens with zero attached hydrogens (tertiary/aromatic N) is 4. The van der Waals surface area contributed by atoms with Crippen LogP contribution < -0.4 is 0 Å². The van der Waals surface area contributed by atoms with E-state index in [4.69, 9.17) is 4.74 Å². The summed E-state index contributed by atoms with van der Waals surface area (Å²) in [5.74, 6) is 0.830. The molecule has 218 valence electrons. The van der Waals surface area contributed by atoms with E-state index in [0.717, 1.165) is 54.6 Å². The minimum atomic E-state index is 0.0702. The predicted octanol–water partition coefficient (Wildman–Crippen LogP) is 3.78. The second-order valence-corrected chi connectivity index (χ2v) is 11.9. The minimum Gasteiger partial charge on any atom is -0.378 e. The van der Waals surface area contributed by atoms with E-state index in [1.165, 1.54) is 16.7 Å². The molecule has 0 radical (unpaired) electrons. The van der Waals surface area contributed by atoms with Gasteiger partial charge >= 0.3 is 0 Å². The Morgan fingerprint density at radius 1 is 0.805 bits per heavy atom. The lowest BCUT2D eigenvalue weighted by atomic mass is 9.84. The van der Waals surface area contributed by atoms with Crippen molar-refractivity contribution in [3.8, 4) is 0 Å². The van der Waals surface area contributed by atoms with E-state index in [-0.39, 0.29) is 11.8 Å². The van der Waals surface area contributed by atoms with Gasteiger partial charge < -0.3 is 19.5 Å². The highest BCUT2D eigenvalue weighted by molar-refractivity contribution is 6.01. The van der Waals surface area contributed by atoms with Gasteiger partial charge in [0.15, 0.2) is 0 Å². The van der Waals surface area contributed by atoms with Gasteiger partial charge in [-0.3, -0.25) is 19.4 Å². The number of rotatable bonds is 6. The zero-order valence-corrected chi connectivity index (χ0v) is 24.5. The molecule has 0 spiro atoms. The highest BCUT2D eigenvalue weighted by atomic mass is 16.5. The smallest absolute Gasteiger partial charge is 0.270 e. The zero-order valence-electron chi connectivity index (χ0n) is 24.5. The van der Waals surface area contributed by atoms with E-state index >= 15 is 0 Å². The van der Waals surface area contributed by atoms with Crippen LogP contribution in [-0.2, 0) is 16.1 Å². The molecule has 41 heavy (non-hydrogen) atoms. The van der Waals surface area contributed by atoms with Crippen molar-refractivity contribution in [1.82, 2.24) is 24.6 Å². The minimum absolute atomic E-state index is 0.0702. The number of nitrogens with one attached hydrogen (secondary N) is 1. The van der Waals surface area contributed by atoms with Gasteiger partial charge in [-0.1, -0.05) is 36.4 Å². The van der Waals surface area contributed by atoms with Gasteiger partial charge in [-0.25, -0.2) is 0 Å². The first-order valence-electron chi connectivity index (χ1n) is 15.2. The summed E-state index contributed by atoms with van der Waals surface area (Å²) in [6.07, 6.45) is 2.28. The molecule has 2 aromatic carbocycles. The lowest BCUT2D eigenvalue weighted by Crippen LogP contribution is -2.52. The summed E-state index contributed by atoms with van der Waals surface area (Å²) in [5, 5.41) is 1.14. The van der Waals surface area contributed by atoms with Crippen LogP contribution in [0.2, 0.25) is 0 Å². The molecular weight excluding hydrogens is 514 g/mol. The molecule has 1 N–H and O–H groups in total. The third-order valence-electron chi connectivity index (χ3n) is 9.33. The number of amides is 2. The molecule has 0 unspecified atom stereocenters. The summed E-state index contributed by atoms with van der Waals surface area (Å²) in [5.41, 5.74) is 7.19. The van der Waals surface area contributed by atoms with Gasteiger partial charge in [-0.15, -0.1) is 0 Å². The Kier molecular flexibility index (Phi) is 8.42. The van der Waals surface area contributed by atoms with Crippen LogP contribution in [0, 0.1) is 13.8 Å². The maximum atomic E-state index is 13.9. The normalized spacial score (nSPS) is 19.7. The molecule has 6 rings (SSSR count). The molecule has 0 saturated carbocycles. The van der Waals surface area contributed by atoms with E-state index < -0.39 is 0 Å². The summed E-state index contributed by atoms with van der Waals surface area (Å²) >= 11 is 0. The summed E-state index contributed by atoms with van der Waals surface area (Å²) in [6.45, 7) is 13.0. The number of hydrogen-bond acceptors (Lipinski definition) is 5. The first kappa shape index (κ1) is 27.9. The monoisotopic (exact) mass is 557 g/mol. The number of H-pyrrole nitrogens is 1. The number of piperidine rings is 1. The molecule has 3 saturated heterocycles. The van der Waals surface area contributed by atoms with E-state index in [1.54, 1.807) is 0 Å². The second kappa shape index (κ2) is 12.3. The molecule has 4 heterocycles. The lowest BCUT2D eigenvalue weighted by Gasteiger charge is -2.36. The van der Waals surface area contributed by atoms with Crippen LogP contribution in [0.3, 0.4) is 0 Å². The Balaban J connectivity index is 1.11. The van der Waals surface area contributed by atoms with Gasteiger partial charge in [0.1, 0.15) is 5.69 Å². The Hall–Kier alpha value is -3.20. The van der Waals surface area contributed by atoms with E-state index in [0.29, 0.717) is 64.9 Å². The van der Waals surface area contributed by atoms with Gasteiger partial charge in [-0.2, -0.15) is 0 Å². The number of aromatic amines is 1. The third-order valence-corrected chi connectivity index (χ3v) is 9.33. The van der Waals surface area contributed by atoms with Crippen LogP contribution in [0.5, 0.6) is 0 Å². The molecule has 3 aliphatic heterocycles. The molecule has 2 amide bonds. The number of morpholine rings is 1. The summed E-state index contributed by atoms with van der Waals surface area (Å²) in [4.78, 5) is 38.6. The zero-order chi connectivity index (χ0) is 28.3. The number of fused-ring (bicyclic) bond motifs is 1. The number of benzene rings is 2. The van der Waals surface area contributed by atoms with E-state index in [9.17, 15) is 9.59 Å². The lowest BCUT2D eigenvalue weighted by molar-refractivity contribution is -0.136. The van der Waals surface area contributed by atoms with Crippen molar-refractivity contribution in [2.24, 2.45) is 0 Å². The second-order valence-electron chi connectivity index (χ2n) is 11.9. The van der Waals surface area contributed by atoms with Crippen LogP contribution in [0.4, 0.5) is 0 Å². The predicted molar refractivity (Wildman–Crippen MR) is 161 cm³/mol. The number of aromatic nitrogens is 1. The maximum Gasteiger partial charge on any atom is 0.270 e. The van der Waals surface area contributed by atoms with Crippen molar-refractivity contribution in [1.29, 1.82) is 0 Å². The number of aryl methyl sites for hydroxylation is 2. The Labute approximate surface area is 243 Å². The average molecular weight is 558 g/mol. The van der Waals surface area contributed by atoms with Crippen LogP contribution in [-0.4, -0.2) is 109 Å². The maximum absolute atomic E-state index is 13.9. The van der Waals surface area contributed by atoms with Crippen LogP contribution in [0.25, 0.3) is 10.9 Å².